The molecule has 0 saturated carbocycles. The first-order valence-electron chi connectivity index (χ1n) is 8.00. The van der Waals surface area contributed by atoms with Crippen LogP contribution in [0.2, 0.25) is 0 Å². The molecule has 0 aliphatic rings. The highest BCUT2D eigenvalue weighted by Gasteiger charge is 2.08. The molecule has 0 aliphatic carbocycles. The highest BCUT2D eigenvalue weighted by molar-refractivity contribution is 5.94. The van der Waals surface area contributed by atoms with Crippen LogP contribution in [0.1, 0.15) is 16.2 Å². The van der Waals surface area contributed by atoms with E-state index in [-0.39, 0.29) is 24.8 Å². The lowest BCUT2D eigenvalue weighted by Crippen LogP contribution is -2.26. The smallest absolute Gasteiger partial charge is 0.254 e. The van der Waals surface area contributed by atoms with E-state index in [4.69, 9.17) is 4.74 Å². The van der Waals surface area contributed by atoms with Gasteiger partial charge in [-0.3, -0.25) is 9.59 Å². The van der Waals surface area contributed by atoms with Gasteiger partial charge < -0.3 is 20.1 Å². The number of aromatic nitrogens is 2. The molecule has 3 N–H and O–H groups in total. The number of ether oxygens (including phenoxy) is 1. The molecule has 0 bridgehead atoms. The highest BCUT2D eigenvalue weighted by Crippen LogP contribution is 2.21. The number of benzene rings is 2. The maximum absolute atomic E-state index is 12.3. The standard InChI is InChI=1S/C19H17N3O4/c23-17-12-18(24)22-16(21-17)9-10-20-19(25)13-5-4-8-15(11-13)26-14-6-2-1-3-7-14/h1-8,11-12H,9-10H2,(H,20,25)(H2,21,22,23,24). The molecule has 7 nitrogen and oxygen atoms in total. The van der Waals surface area contributed by atoms with Gasteiger partial charge in [0.15, 0.2) is 0 Å². The second-order valence-electron chi connectivity index (χ2n) is 5.50. The Hall–Kier alpha value is -3.61. The van der Waals surface area contributed by atoms with Crippen molar-refractivity contribution in [3.8, 4) is 17.4 Å². The molecular formula is C19H17N3O4. The number of carbonyl (C=O) groups excluding carboxylic acids is 1. The van der Waals surface area contributed by atoms with Crippen molar-refractivity contribution in [2.24, 2.45) is 0 Å². The predicted molar refractivity (Wildman–Crippen MR) is 95.5 cm³/mol. The lowest BCUT2D eigenvalue weighted by molar-refractivity contribution is 0.0953. The third-order valence-corrected chi connectivity index (χ3v) is 3.50. The van der Waals surface area contributed by atoms with Gasteiger partial charge in [0.05, 0.1) is 6.07 Å². The summed E-state index contributed by atoms with van der Waals surface area (Å²) in [5.74, 6) is 0.926. The number of carbonyl (C=O) groups is 1. The van der Waals surface area contributed by atoms with Crippen molar-refractivity contribution in [1.29, 1.82) is 0 Å². The number of H-pyrrole nitrogens is 1. The van der Waals surface area contributed by atoms with E-state index in [1.54, 1.807) is 24.3 Å². The summed E-state index contributed by atoms with van der Waals surface area (Å²) in [5, 5.41) is 12.0. The van der Waals surface area contributed by atoms with Crippen molar-refractivity contribution in [2.45, 2.75) is 6.42 Å². The van der Waals surface area contributed by atoms with E-state index >= 15 is 0 Å². The molecule has 0 fully saturated rings. The maximum atomic E-state index is 12.3. The fourth-order valence-electron chi connectivity index (χ4n) is 2.33. The molecule has 1 aromatic heterocycles. The third kappa shape index (κ3) is 4.70. The van der Waals surface area contributed by atoms with Gasteiger partial charge in [0, 0.05) is 18.5 Å². The second-order valence-corrected chi connectivity index (χ2v) is 5.50. The summed E-state index contributed by atoms with van der Waals surface area (Å²) >= 11 is 0. The Kier molecular flexibility index (Phi) is 5.28. The van der Waals surface area contributed by atoms with E-state index in [0.717, 1.165) is 6.07 Å². The Morgan fingerprint density at radius 2 is 1.85 bits per heavy atom. The molecule has 1 heterocycles. The minimum atomic E-state index is -0.440. The van der Waals surface area contributed by atoms with Crippen LogP contribution in [0, 0.1) is 0 Å². The average molecular weight is 351 g/mol. The first-order valence-corrected chi connectivity index (χ1v) is 8.00. The number of amides is 1. The number of para-hydroxylation sites is 1. The lowest BCUT2D eigenvalue weighted by Gasteiger charge is -2.08. The van der Waals surface area contributed by atoms with Crippen LogP contribution in [0.4, 0.5) is 0 Å². The van der Waals surface area contributed by atoms with Crippen molar-refractivity contribution in [3.63, 3.8) is 0 Å². The molecule has 26 heavy (non-hydrogen) atoms. The fraction of sp³-hybridized carbons (Fsp3) is 0.105. The summed E-state index contributed by atoms with van der Waals surface area (Å²) in [5.41, 5.74) is 0.0142. The van der Waals surface area contributed by atoms with Crippen molar-refractivity contribution in [2.75, 3.05) is 6.54 Å². The number of nitrogens with one attached hydrogen (secondary N) is 2. The molecule has 132 valence electrons. The lowest BCUT2D eigenvalue weighted by atomic mass is 10.2. The number of aromatic hydroxyl groups is 1. The highest BCUT2D eigenvalue weighted by atomic mass is 16.5. The number of aromatic amines is 1. The Bertz CT molecular complexity index is 954. The number of rotatable bonds is 6. The quantitative estimate of drug-likeness (QED) is 0.632. The first kappa shape index (κ1) is 17.2. The van der Waals surface area contributed by atoms with Crippen LogP contribution in [0.25, 0.3) is 0 Å². The molecule has 0 aliphatic heterocycles. The third-order valence-electron chi connectivity index (χ3n) is 3.50. The molecule has 2 aromatic carbocycles. The molecule has 0 radical (unpaired) electrons. The predicted octanol–water partition coefficient (Wildman–Crippen LogP) is 2.24. The number of hydrogen-bond donors (Lipinski definition) is 3. The van der Waals surface area contributed by atoms with E-state index in [9.17, 15) is 14.7 Å². The van der Waals surface area contributed by atoms with Crippen molar-refractivity contribution in [3.05, 3.63) is 82.4 Å². The molecular weight excluding hydrogens is 334 g/mol. The molecule has 0 saturated heterocycles. The Labute approximate surface area is 149 Å². The summed E-state index contributed by atoms with van der Waals surface area (Å²) in [6, 6.07) is 17.1. The first-order chi connectivity index (χ1) is 12.6. The minimum Gasteiger partial charge on any atom is -0.493 e. The Morgan fingerprint density at radius 1 is 1.08 bits per heavy atom. The Morgan fingerprint density at radius 3 is 2.62 bits per heavy atom. The zero-order valence-electron chi connectivity index (χ0n) is 13.8. The van der Waals surface area contributed by atoms with Crippen LogP contribution in [0.15, 0.2) is 65.5 Å². The van der Waals surface area contributed by atoms with Crippen LogP contribution in [-0.2, 0) is 6.42 Å². The van der Waals surface area contributed by atoms with E-state index in [2.05, 4.69) is 15.3 Å². The van der Waals surface area contributed by atoms with Gasteiger partial charge in [-0.15, -0.1) is 0 Å². The normalized spacial score (nSPS) is 10.3. The SMILES string of the molecule is O=C(NCCc1nc(O)cc(=O)[nH]1)c1cccc(Oc2ccccc2)c1. The molecule has 1 amide bonds. The summed E-state index contributed by atoms with van der Waals surface area (Å²) in [6.07, 6.45) is 0.287. The van der Waals surface area contributed by atoms with Crippen LogP contribution >= 0.6 is 0 Å². The van der Waals surface area contributed by atoms with Crippen molar-refractivity contribution < 1.29 is 14.6 Å². The van der Waals surface area contributed by atoms with E-state index < -0.39 is 5.56 Å². The summed E-state index contributed by atoms with van der Waals surface area (Å²) in [7, 11) is 0. The van der Waals surface area contributed by atoms with Gasteiger partial charge in [-0.25, -0.2) is 4.98 Å². The Balaban J connectivity index is 1.59. The van der Waals surface area contributed by atoms with Gasteiger partial charge in [0.25, 0.3) is 11.5 Å². The van der Waals surface area contributed by atoms with Gasteiger partial charge in [0.2, 0.25) is 5.88 Å². The topological polar surface area (TPSA) is 104 Å². The second kappa shape index (κ2) is 7.98. The van der Waals surface area contributed by atoms with Crippen LogP contribution in [0.5, 0.6) is 17.4 Å². The monoisotopic (exact) mass is 351 g/mol. The largest absolute Gasteiger partial charge is 0.493 e. The average Bonchev–Trinajstić information content (AvgIpc) is 2.62. The van der Waals surface area contributed by atoms with Gasteiger partial charge in [-0.2, -0.15) is 0 Å². The minimum absolute atomic E-state index is 0.259. The van der Waals surface area contributed by atoms with E-state index in [1.165, 1.54) is 0 Å². The molecule has 3 aromatic rings. The zero-order chi connectivity index (χ0) is 18.4. The van der Waals surface area contributed by atoms with Crippen LogP contribution < -0.4 is 15.6 Å². The van der Waals surface area contributed by atoms with Gasteiger partial charge in [-0.05, 0) is 30.3 Å². The summed E-state index contributed by atoms with van der Waals surface area (Å²) < 4.78 is 5.71. The van der Waals surface area contributed by atoms with Gasteiger partial charge >= 0.3 is 0 Å². The molecule has 0 atom stereocenters. The number of nitrogens with zero attached hydrogens (tertiary/aromatic N) is 1. The zero-order valence-corrected chi connectivity index (χ0v) is 13.8. The van der Waals surface area contributed by atoms with Gasteiger partial charge in [0.1, 0.15) is 17.3 Å². The van der Waals surface area contributed by atoms with E-state index in [1.807, 2.05) is 30.3 Å². The van der Waals surface area contributed by atoms with E-state index in [0.29, 0.717) is 22.9 Å². The molecule has 0 unspecified atom stereocenters. The van der Waals surface area contributed by atoms with Crippen molar-refractivity contribution >= 4 is 5.91 Å². The van der Waals surface area contributed by atoms with Crippen LogP contribution in [-0.4, -0.2) is 27.5 Å². The summed E-state index contributed by atoms with van der Waals surface area (Å²) in [4.78, 5) is 29.8. The maximum Gasteiger partial charge on any atom is 0.254 e. The molecule has 7 heteroatoms. The molecule has 0 spiro atoms. The number of hydrogen-bond acceptors (Lipinski definition) is 5. The van der Waals surface area contributed by atoms with Crippen molar-refractivity contribution in [1.82, 2.24) is 15.3 Å². The fourth-order valence-corrected chi connectivity index (χ4v) is 2.33. The van der Waals surface area contributed by atoms with Crippen LogP contribution in [0.3, 0.4) is 0 Å². The molecule has 3 rings (SSSR count). The van der Waals surface area contributed by atoms with Gasteiger partial charge in [-0.1, -0.05) is 24.3 Å². The summed E-state index contributed by atoms with van der Waals surface area (Å²) in [6.45, 7) is 0.259.